The van der Waals surface area contributed by atoms with E-state index in [1.165, 1.54) is 6.20 Å². The number of hydrogen-bond donors (Lipinski definition) is 2. The molecule has 0 fully saturated rings. The molecular formula is C12H22N4O3S. The lowest BCUT2D eigenvalue weighted by Gasteiger charge is -2.22. The lowest BCUT2D eigenvalue weighted by atomic mass is 10.1. The predicted molar refractivity (Wildman–Crippen MR) is 79.4 cm³/mol. The summed E-state index contributed by atoms with van der Waals surface area (Å²) in [6.45, 7) is 7.93. The van der Waals surface area contributed by atoms with Crippen molar-refractivity contribution < 1.29 is 8.42 Å². The van der Waals surface area contributed by atoms with Crippen LogP contribution in [0.4, 0.5) is 5.82 Å². The van der Waals surface area contributed by atoms with Crippen molar-refractivity contribution in [2.75, 3.05) is 24.2 Å². The van der Waals surface area contributed by atoms with Gasteiger partial charge in [0.05, 0.1) is 5.75 Å². The van der Waals surface area contributed by atoms with Crippen molar-refractivity contribution in [1.82, 2.24) is 14.3 Å². The van der Waals surface area contributed by atoms with E-state index in [1.54, 1.807) is 17.7 Å². The molecule has 2 N–H and O–H groups in total. The van der Waals surface area contributed by atoms with Crippen molar-refractivity contribution in [3.8, 4) is 0 Å². The largest absolute Gasteiger partial charge is 0.364 e. The highest BCUT2D eigenvalue weighted by atomic mass is 32.2. The summed E-state index contributed by atoms with van der Waals surface area (Å²) in [4.78, 5) is 16.1. The van der Waals surface area contributed by atoms with Crippen LogP contribution in [0.5, 0.6) is 0 Å². The zero-order valence-corrected chi connectivity index (χ0v) is 13.1. The minimum absolute atomic E-state index is 0.105. The molecule has 114 valence electrons. The molecule has 0 aliphatic heterocycles. The van der Waals surface area contributed by atoms with Gasteiger partial charge in [-0.05, 0) is 20.8 Å². The van der Waals surface area contributed by atoms with E-state index < -0.39 is 10.0 Å². The summed E-state index contributed by atoms with van der Waals surface area (Å²) in [6, 6.07) is 0. The van der Waals surface area contributed by atoms with Gasteiger partial charge in [-0.15, -0.1) is 0 Å². The van der Waals surface area contributed by atoms with Crippen molar-refractivity contribution in [1.29, 1.82) is 0 Å². The van der Waals surface area contributed by atoms with E-state index in [9.17, 15) is 13.2 Å². The monoisotopic (exact) mass is 302 g/mol. The lowest BCUT2D eigenvalue weighted by molar-refractivity contribution is 0.383. The second-order valence-electron chi connectivity index (χ2n) is 5.37. The normalized spacial score (nSPS) is 12.4. The summed E-state index contributed by atoms with van der Waals surface area (Å²) in [5.74, 6) is 0.0564. The van der Waals surface area contributed by atoms with Crippen LogP contribution in [0.2, 0.25) is 0 Å². The van der Waals surface area contributed by atoms with Crippen molar-refractivity contribution in [2.45, 2.75) is 33.2 Å². The molecule has 0 atom stereocenters. The third kappa shape index (κ3) is 4.61. The van der Waals surface area contributed by atoms with E-state index in [0.717, 1.165) is 0 Å². The highest BCUT2D eigenvalue weighted by molar-refractivity contribution is 7.89. The average molecular weight is 302 g/mol. The fraction of sp³-hybridized carbons (Fsp3) is 0.667. The Morgan fingerprint density at radius 1 is 1.35 bits per heavy atom. The highest BCUT2D eigenvalue weighted by Crippen LogP contribution is 2.10. The standard InChI is InChI=1S/C12H22N4O3S/c1-5-15-20(18,19)9-7-14-10-11(17)16(8-6-13-10)12(2,3)4/h6,8,15H,5,7,9H2,1-4H3,(H,13,14). The SMILES string of the molecule is CCNS(=O)(=O)CCNc1nccn(C(C)(C)C)c1=O. The lowest BCUT2D eigenvalue weighted by Crippen LogP contribution is -2.36. The Labute approximate surface area is 119 Å². The first-order chi connectivity index (χ1) is 9.17. The van der Waals surface area contributed by atoms with E-state index in [4.69, 9.17) is 0 Å². The van der Waals surface area contributed by atoms with E-state index in [-0.39, 0.29) is 29.2 Å². The summed E-state index contributed by atoms with van der Waals surface area (Å²) in [6.07, 6.45) is 3.14. The van der Waals surface area contributed by atoms with Crippen molar-refractivity contribution >= 4 is 15.8 Å². The van der Waals surface area contributed by atoms with Crippen LogP contribution in [0, 0.1) is 0 Å². The molecule has 0 spiro atoms. The maximum atomic E-state index is 12.2. The number of aromatic nitrogens is 2. The van der Waals surface area contributed by atoms with Gasteiger partial charge in [0.2, 0.25) is 10.0 Å². The van der Waals surface area contributed by atoms with Crippen molar-refractivity contribution in [3.63, 3.8) is 0 Å². The van der Waals surface area contributed by atoms with Gasteiger partial charge in [0.15, 0.2) is 5.82 Å². The van der Waals surface area contributed by atoms with Gasteiger partial charge < -0.3 is 9.88 Å². The molecule has 1 heterocycles. The van der Waals surface area contributed by atoms with Crippen LogP contribution in [-0.4, -0.2) is 36.8 Å². The number of sulfonamides is 1. The fourth-order valence-electron chi connectivity index (χ4n) is 1.66. The molecule has 1 aromatic heterocycles. The predicted octanol–water partition coefficient (Wildman–Crippen LogP) is 0.349. The number of nitrogens with one attached hydrogen (secondary N) is 2. The first-order valence-electron chi connectivity index (χ1n) is 6.47. The molecule has 7 nitrogen and oxygen atoms in total. The fourth-order valence-corrected chi connectivity index (χ4v) is 2.61. The molecule has 0 unspecified atom stereocenters. The van der Waals surface area contributed by atoms with Crippen LogP contribution >= 0.6 is 0 Å². The number of hydrogen-bond acceptors (Lipinski definition) is 5. The smallest absolute Gasteiger partial charge is 0.293 e. The van der Waals surface area contributed by atoms with E-state index >= 15 is 0 Å². The molecular weight excluding hydrogens is 280 g/mol. The van der Waals surface area contributed by atoms with E-state index in [2.05, 4.69) is 15.0 Å². The van der Waals surface area contributed by atoms with Gasteiger partial charge in [-0.2, -0.15) is 0 Å². The molecule has 0 radical (unpaired) electrons. The summed E-state index contributed by atoms with van der Waals surface area (Å²) in [7, 11) is -3.30. The van der Waals surface area contributed by atoms with Crippen LogP contribution in [0.25, 0.3) is 0 Å². The maximum Gasteiger partial charge on any atom is 0.293 e. The molecule has 1 aromatic rings. The molecule has 0 aliphatic carbocycles. The van der Waals surface area contributed by atoms with E-state index in [1.807, 2.05) is 20.8 Å². The third-order valence-electron chi connectivity index (χ3n) is 2.59. The molecule has 8 heteroatoms. The molecule has 1 rings (SSSR count). The van der Waals surface area contributed by atoms with Crippen LogP contribution in [0.3, 0.4) is 0 Å². The average Bonchev–Trinajstić information content (AvgIpc) is 2.29. The number of nitrogens with zero attached hydrogens (tertiary/aromatic N) is 2. The van der Waals surface area contributed by atoms with Gasteiger partial charge in [0.1, 0.15) is 0 Å². The quantitative estimate of drug-likeness (QED) is 0.791. The third-order valence-corrected chi connectivity index (χ3v) is 4.06. The molecule has 0 bridgehead atoms. The Hall–Kier alpha value is -1.41. The molecule has 0 aromatic carbocycles. The van der Waals surface area contributed by atoms with Gasteiger partial charge in [0, 0.05) is 31.0 Å². The zero-order chi connectivity index (χ0) is 15.4. The van der Waals surface area contributed by atoms with E-state index in [0.29, 0.717) is 6.54 Å². The summed E-state index contributed by atoms with van der Waals surface area (Å²) < 4.78 is 26.9. The minimum Gasteiger partial charge on any atom is -0.364 e. The summed E-state index contributed by atoms with van der Waals surface area (Å²) >= 11 is 0. The molecule has 20 heavy (non-hydrogen) atoms. The summed E-state index contributed by atoms with van der Waals surface area (Å²) in [5, 5.41) is 2.78. The van der Waals surface area contributed by atoms with Crippen molar-refractivity contribution in [3.05, 3.63) is 22.7 Å². The maximum absolute atomic E-state index is 12.2. The number of anilines is 1. The Bertz CT molecular complexity index is 602. The minimum atomic E-state index is -3.30. The van der Waals surface area contributed by atoms with Crippen molar-refractivity contribution in [2.24, 2.45) is 0 Å². The highest BCUT2D eigenvalue weighted by Gasteiger charge is 2.16. The van der Waals surface area contributed by atoms with Gasteiger partial charge in [-0.25, -0.2) is 18.1 Å². The molecule has 0 saturated carbocycles. The topological polar surface area (TPSA) is 93.1 Å². The van der Waals surface area contributed by atoms with Crippen LogP contribution in [-0.2, 0) is 15.6 Å². The second kappa shape index (κ2) is 6.36. The number of rotatable bonds is 6. The van der Waals surface area contributed by atoms with Gasteiger partial charge in [-0.1, -0.05) is 6.92 Å². The molecule has 0 aliphatic rings. The first-order valence-corrected chi connectivity index (χ1v) is 8.12. The van der Waals surface area contributed by atoms with Crippen LogP contribution in [0.15, 0.2) is 17.2 Å². The van der Waals surface area contributed by atoms with Gasteiger partial charge >= 0.3 is 0 Å². The Balaban J connectivity index is 2.78. The first kappa shape index (κ1) is 16.6. The van der Waals surface area contributed by atoms with Gasteiger partial charge in [0.25, 0.3) is 5.56 Å². The zero-order valence-electron chi connectivity index (χ0n) is 12.3. The van der Waals surface area contributed by atoms with Gasteiger partial charge in [-0.3, -0.25) is 4.79 Å². The second-order valence-corrected chi connectivity index (χ2v) is 7.29. The Kier molecular flexibility index (Phi) is 5.29. The Morgan fingerprint density at radius 3 is 2.55 bits per heavy atom. The van der Waals surface area contributed by atoms with Crippen LogP contribution < -0.4 is 15.6 Å². The summed E-state index contributed by atoms with van der Waals surface area (Å²) in [5.41, 5.74) is -0.618. The Morgan fingerprint density at radius 2 is 2.00 bits per heavy atom. The molecule has 0 saturated heterocycles. The molecule has 0 amide bonds. The van der Waals surface area contributed by atoms with Crippen LogP contribution in [0.1, 0.15) is 27.7 Å².